The fourth-order valence-corrected chi connectivity index (χ4v) is 3.22. The Labute approximate surface area is 113 Å². The lowest BCUT2D eigenvalue weighted by Gasteiger charge is -2.31. The average molecular weight is 260 g/mol. The van der Waals surface area contributed by atoms with Crippen LogP contribution in [0.15, 0.2) is 24.3 Å². The molecule has 0 spiro atoms. The zero-order chi connectivity index (χ0) is 13.3. The molecule has 2 aliphatic rings. The molecule has 0 saturated carbocycles. The summed E-state index contributed by atoms with van der Waals surface area (Å²) in [7, 11) is 1.67. The first-order chi connectivity index (χ1) is 9.27. The third-order valence-electron chi connectivity index (χ3n) is 4.25. The molecule has 102 valence electrons. The van der Waals surface area contributed by atoms with E-state index in [9.17, 15) is 4.79 Å². The summed E-state index contributed by atoms with van der Waals surface area (Å²) in [5, 5.41) is 3.30. The lowest BCUT2D eigenvalue weighted by Crippen LogP contribution is -2.47. The van der Waals surface area contributed by atoms with E-state index in [0.717, 1.165) is 38.2 Å². The van der Waals surface area contributed by atoms with E-state index in [-0.39, 0.29) is 11.3 Å². The third kappa shape index (κ3) is 2.05. The standard InChI is InChI=1S/C15H20N2O2/c1-19-11-15(7-8-16-10-15)14(18)17-9-6-12-4-2-3-5-13(12)17/h2-5,16H,6-11H2,1H3/t15-/m0/s1. The summed E-state index contributed by atoms with van der Waals surface area (Å²) < 4.78 is 5.31. The maximum atomic E-state index is 12.9. The van der Waals surface area contributed by atoms with Crippen LogP contribution in [0, 0.1) is 5.41 Å². The molecule has 4 heteroatoms. The SMILES string of the molecule is COC[C@]1(C(=O)N2CCc3ccccc32)CCNC1. The van der Waals surface area contributed by atoms with Gasteiger partial charge in [-0.2, -0.15) is 0 Å². The number of carbonyl (C=O) groups excluding carboxylic acids is 1. The highest BCUT2D eigenvalue weighted by molar-refractivity contribution is 5.99. The number of hydrogen-bond donors (Lipinski definition) is 1. The number of benzene rings is 1. The van der Waals surface area contributed by atoms with Crippen LogP contribution in [-0.4, -0.2) is 39.3 Å². The molecule has 4 nitrogen and oxygen atoms in total. The van der Waals surface area contributed by atoms with Crippen LogP contribution in [0.2, 0.25) is 0 Å². The summed E-state index contributed by atoms with van der Waals surface area (Å²) in [6.07, 6.45) is 1.82. The predicted octanol–water partition coefficient (Wildman–Crippen LogP) is 1.20. The summed E-state index contributed by atoms with van der Waals surface area (Å²) >= 11 is 0. The number of nitrogens with zero attached hydrogens (tertiary/aromatic N) is 1. The Bertz CT molecular complexity index is 481. The van der Waals surface area contributed by atoms with Crippen LogP contribution in [0.3, 0.4) is 0 Å². The minimum atomic E-state index is -0.383. The van der Waals surface area contributed by atoms with Crippen LogP contribution < -0.4 is 10.2 Å². The third-order valence-corrected chi connectivity index (χ3v) is 4.25. The van der Waals surface area contributed by atoms with E-state index in [1.165, 1.54) is 5.56 Å². The molecule has 0 aromatic heterocycles. The van der Waals surface area contributed by atoms with E-state index in [1.54, 1.807) is 7.11 Å². The summed E-state index contributed by atoms with van der Waals surface area (Å²) in [5.41, 5.74) is 1.97. The van der Waals surface area contributed by atoms with Crippen LogP contribution in [0.25, 0.3) is 0 Å². The molecule has 0 unspecified atom stereocenters. The van der Waals surface area contributed by atoms with Crippen LogP contribution >= 0.6 is 0 Å². The first-order valence-electron chi connectivity index (χ1n) is 6.86. The monoisotopic (exact) mass is 260 g/mol. The van der Waals surface area contributed by atoms with E-state index >= 15 is 0 Å². The molecular weight excluding hydrogens is 240 g/mol. The Morgan fingerprint density at radius 3 is 3.05 bits per heavy atom. The topological polar surface area (TPSA) is 41.6 Å². The lowest BCUT2D eigenvalue weighted by atomic mass is 9.86. The highest BCUT2D eigenvalue weighted by atomic mass is 16.5. The molecule has 1 fully saturated rings. The Kier molecular flexibility index (Phi) is 3.29. The Balaban J connectivity index is 1.88. The summed E-state index contributed by atoms with van der Waals surface area (Å²) in [5.74, 6) is 0.212. The number of ether oxygens (including phenoxy) is 1. The van der Waals surface area contributed by atoms with Crippen molar-refractivity contribution < 1.29 is 9.53 Å². The van der Waals surface area contributed by atoms with Crippen LogP contribution in [0.1, 0.15) is 12.0 Å². The average Bonchev–Trinajstić information content (AvgIpc) is 3.05. The van der Waals surface area contributed by atoms with E-state index in [0.29, 0.717) is 6.61 Å². The van der Waals surface area contributed by atoms with Crippen LogP contribution in [0.4, 0.5) is 5.69 Å². The number of fused-ring (bicyclic) bond motifs is 1. The molecule has 3 rings (SSSR count). The molecule has 1 saturated heterocycles. The van der Waals surface area contributed by atoms with Gasteiger partial charge in [0.1, 0.15) is 0 Å². The number of hydrogen-bond acceptors (Lipinski definition) is 3. The van der Waals surface area contributed by atoms with E-state index in [4.69, 9.17) is 4.74 Å². The Hall–Kier alpha value is -1.39. The van der Waals surface area contributed by atoms with E-state index in [1.807, 2.05) is 23.1 Å². The van der Waals surface area contributed by atoms with Crippen molar-refractivity contribution in [3.63, 3.8) is 0 Å². The first-order valence-corrected chi connectivity index (χ1v) is 6.86. The number of para-hydroxylation sites is 1. The van der Waals surface area contributed by atoms with Gasteiger partial charge in [0.25, 0.3) is 0 Å². The Morgan fingerprint density at radius 1 is 1.47 bits per heavy atom. The summed E-state index contributed by atoms with van der Waals surface area (Å²) in [6.45, 7) is 2.91. The number of carbonyl (C=O) groups is 1. The molecule has 1 aromatic rings. The van der Waals surface area contributed by atoms with Gasteiger partial charge in [-0.25, -0.2) is 0 Å². The second-order valence-electron chi connectivity index (χ2n) is 5.48. The van der Waals surface area contributed by atoms with Crippen molar-refractivity contribution in [1.29, 1.82) is 0 Å². The molecule has 1 aromatic carbocycles. The van der Waals surface area contributed by atoms with Crippen molar-refractivity contribution in [2.75, 3.05) is 38.3 Å². The van der Waals surface area contributed by atoms with Crippen LogP contribution in [-0.2, 0) is 16.0 Å². The number of rotatable bonds is 3. The fraction of sp³-hybridized carbons (Fsp3) is 0.533. The largest absolute Gasteiger partial charge is 0.384 e. The molecule has 0 radical (unpaired) electrons. The second-order valence-corrected chi connectivity index (χ2v) is 5.48. The van der Waals surface area contributed by atoms with E-state index in [2.05, 4.69) is 11.4 Å². The highest BCUT2D eigenvalue weighted by Crippen LogP contribution is 2.35. The zero-order valence-electron chi connectivity index (χ0n) is 11.3. The molecule has 0 bridgehead atoms. The normalized spacial score (nSPS) is 25.6. The molecule has 19 heavy (non-hydrogen) atoms. The van der Waals surface area contributed by atoms with Gasteiger partial charge in [-0.1, -0.05) is 18.2 Å². The van der Waals surface area contributed by atoms with Gasteiger partial charge >= 0.3 is 0 Å². The van der Waals surface area contributed by atoms with Crippen molar-refractivity contribution in [2.45, 2.75) is 12.8 Å². The molecular formula is C15H20N2O2. The van der Waals surface area contributed by atoms with Gasteiger partial charge in [-0.3, -0.25) is 4.79 Å². The smallest absolute Gasteiger partial charge is 0.236 e. The maximum Gasteiger partial charge on any atom is 0.236 e. The quantitative estimate of drug-likeness (QED) is 0.888. The van der Waals surface area contributed by atoms with Gasteiger partial charge < -0.3 is 15.0 Å². The molecule has 1 amide bonds. The Morgan fingerprint density at radius 2 is 2.32 bits per heavy atom. The van der Waals surface area contributed by atoms with Gasteiger partial charge in [0.05, 0.1) is 12.0 Å². The van der Waals surface area contributed by atoms with Gasteiger partial charge in [-0.15, -0.1) is 0 Å². The molecule has 2 aliphatic heterocycles. The number of anilines is 1. The van der Waals surface area contributed by atoms with Gasteiger partial charge in [-0.05, 0) is 31.0 Å². The van der Waals surface area contributed by atoms with E-state index < -0.39 is 0 Å². The number of nitrogens with one attached hydrogen (secondary N) is 1. The minimum absolute atomic E-state index is 0.212. The fourth-order valence-electron chi connectivity index (χ4n) is 3.22. The van der Waals surface area contributed by atoms with Gasteiger partial charge in [0, 0.05) is 25.9 Å². The molecule has 0 aliphatic carbocycles. The number of amides is 1. The predicted molar refractivity (Wildman–Crippen MR) is 74.3 cm³/mol. The number of methoxy groups -OCH3 is 1. The maximum absolute atomic E-state index is 12.9. The minimum Gasteiger partial charge on any atom is -0.384 e. The first kappa shape index (κ1) is 12.6. The van der Waals surface area contributed by atoms with Gasteiger partial charge in [0.15, 0.2) is 0 Å². The van der Waals surface area contributed by atoms with Crippen LogP contribution in [0.5, 0.6) is 0 Å². The van der Waals surface area contributed by atoms with Crippen molar-refractivity contribution in [3.05, 3.63) is 29.8 Å². The highest BCUT2D eigenvalue weighted by Gasteiger charge is 2.45. The zero-order valence-corrected chi connectivity index (χ0v) is 11.3. The van der Waals surface area contributed by atoms with Crippen molar-refractivity contribution in [2.24, 2.45) is 5.41 Å². The molecule has 1 atom stereocenters. The second kappa shape index (κ2) is 4.94. The summed E-state index contributed by atoms with van der Waals surface area (Å²) in [6, 6.07) is 8.19. The lowest BCUT2D eigenvalue weighted by molar-refractivity contribution is -0.130. The molecule has 1 N–H and O–H groups in total. The van der Waals surface area contributed by atoms with Crippen molar-refractivity contribution in [1.82, 2.24) is 5.32 Å². The van der Waals surface area contributed by atoms with Crippen molar-refractivity contribution in [3.8, 4) is 0 Å². The van der Waals surface area contributed by atoms with Crippen molar-refractivity contribution >= 4 is 11.6 Å². The molecule has 2 heterocycles. The van der Waals surface area contributed by atoms with Gasteiger partial charge in [0.2, 0.25) is 5.91 Å². The summed E-state index contributed by atoms with van der Waals surface area (Å²) in [4.78, 5) is 14.9.